The van der Waals surface area contributed by atoms with Crippen LogP contribution in [0.4, 0.5) is 18.9 Å². The molecule has 6 nitrogen and oxygen atoms in total. The molecule has 9 heteroatoms. The van der Waals surface area contributed by atoms with Crippen LogP contribution in [0.2, 0.25) is 0 Å². The van der Waals surface area contributed by atoms with Crippen LogP contribution in [0.15, 0.2) is 48.5 Å². The van der Waals surface area contributed by atoms with Crippen LogP contribution < -0.4 is 21.1 Å². The molecule has 2 saturated heterocycles. The minimum atomic E-state index is -4.46. The average molecular weight is 416 g/mol. The number of para-hydroxylation sites is 1. The summed E-state index contributed by atoms with van der Waals surface area (Å²) in [6, 6.07) is 12.2. The number of hydrogen-bond donors (Lipinski definition) is 3. The van der Waals surface area contributed by atoms with Crippen LogP contribution in [0.1, 0.15) is 23.1 Å². The molecular formula is C21H19F3N4O2. The molecule has 0 bridgehead atoms. The van der Waals surface area contributed by atoms with E-state index in [0.29, 0.717) is 17.8 Å². The van der Waals surface area contributed by atoms with Crippen molar-refractivity contribution in [3.63, 3.8) is 0 Å². The van der Waals surface area contributed by atoms with Gasteiger partial charge in [-0.3, -0.25) is 15.0 Å². The van der Waals surface area contributed by atoms with Crippen molar-refractivity contribution < 1.29 is 22.8 Å². The third-order valence-electron chi connectivity index (χ3n) is 6.27. The van der Waals surface area contributed by atoms with E-state index in [-0.39, 0.29) is 30.7 Å². The van der Waals surface area contributed by atoms with Gasteiger partial charge < -0.3 is 10.2 Å². The van der Waals surface area contributed by atoms with Crippen molar-refractivity contribution in [3.8, 4) is 0 Å². The molecule has 3 aliphatic heterocycles. The molecule has 3 atom stereocenters. The number of anilines is 1. The monoisotopic (exact) mass is 416 g/mol. The van der Waals surface area contributed by atoms with E-state index in [0.717, 1.165) is 17.7 Å². The molecule has 3 N–H and O–H groups in total. The number of hydrogen-bond acceptors (Lipinski definition) is 4. The third kappa shape index (κ3) is 2.73. The Kier molecular flexibility index (Phi) is 4.16. The summed E-state index contributed by atoms with van der Waals surface area (Å²) in [6.45, 7) is 0.490. The normalized spacial score (nSPS) is 27.9. The highest BCUT2D eigenvalue weighted by molar-refractivity contribution is 6.11. The van der Waals surface area contributed by atoms with Crippen LogP contribution in [0.3, 0.4) is 0 Å². The van der Waals surface area contributed by atoms with Gasteiger partial charge in [0.1, 0.15) is 0 Å². The molecule has 2 aromatic carbocycles. The fourth-order valence-corrected chi connectivity index (χ4v) is 4.97. The van der Waals surface area contributed by atoms with Gasteiger partial charge in [0.25, 0.3) is 0 Å². The van der Waals surface area contributed by atoms with E-state index in [2.05, 4.69) is 16.2 Å². The van der Waals surface area contributed by atoms with Crippen LogP contribution in [-0.4, -0.2) is 24.5 Å². The van der Waals surface area contributed by atoms with Gasteiger partial charge in [-0.05, 0) is 29.3 Å². The quantitative estimate of drug-likeness (QED) is 0.701. The lowest BCUT2D eigenvalue weighted by atomic mass is 9.65. The second-order valence-corrected chi connectivity index (χ2v) is 7.93. The van der Waals surface area contributed by atoms with Crippen molar-refractivity contribution in [2.75, 3.05) is 11.4 Å². The minimum Gasteiger partial charge on any atom is -0.339 e. The molecule has 0 aliphatic carbocycles. The summed E-state index contributed by atoms with van der Waals surface area (Å²) in [5.41, 5.74) is 5.98. The summed E-state index contributed by atoms with van der Waals surface area (Å²) in [7, 11) is 0. The lowest BCUT2D eigenvalue weighted by Crippen LogP contribution is -2.62. The first-order valence-corrected chi connectivity index (χ1v) is 9.66. The Labute approximate surface area is 170 Å². The summed E-state index contributed by atoms with van der Waals surface area (Å²) < 4.78 is 39.4. The molecule has 2 amide bonds. The summed E-state index contributed by atoms with van der Waals surface area (Å²) in [5.74, 6) is -0.705. The molecule has 0 saturated carbocycles. The first-order chi connectivity index (χ1) is 14.3. The molecule has 1 spiro atoms. The van der Waals surface area contributed by atoms with E-state index in [9.17, 15) is 22.8 Å². The largest absolute Gasteiger partial charge is 0.416 e. The number of piperidine rings is 1. The number of carbonyl (C=O) groups is 2. The summed E-state index contributed by atoms with van der Waals surface area (Å²) in [5, 5.41) is 2.86. The molecule has 0 radical (unpaired) electrons. The van der Waals surface area contributed by atoms with Crippen molar-refractivity contribution in [2.45, 2.75) is 30.7 Å². The number of halogens is 3. The maximum absolute atomic E-state index is 13.8. The van der Waals surface area contributed by atoms with E-state index >= 15 is 0 Å². The predicted octanol–water partition coefficient (Wildman–Crippen LogP) is 2.06. The second-order valence-electron chi connectivity index (χ2n) is 7.93. The maximum atomic E-state index is 13.8. The maximum Gasteiger partial charge on any atom is 0.416 e. The van der Waals surface area contributed by atoms with Crippen LogP contribution in [0.5, 0.6) is 0 Å². The van der Waals surface area contributed by atoms with Crippen molar-refractivity contribution in [1.29, 1.82) is 0 Å². The molecule has 5 rings (SSSR count). The van der Waals surface area contributed by atoms with Gasteiger partial charge in [0.05, 0.1) is 23.7 Å². The molecule has 0 aromatic heterocycles. The highest BCUT2D eigenvalue weighted by atomic mass is 19.4. The molecule has 3 aliphatic rings. The fourth-order valence-electron chi connectivity index (χ4n) is 4.97. The van der Waals surface area contributed by atoms with Crippen molar-refractivity contribution in [3.05, 3.63) is 65.2 Å². The van der Waals surface area contributed by atoms with E-state index < -0.39 is 23.3 Å². The number of hydrazine groups is 1. The Balaban J connectivity index is 1.57. The SMILES string of the molecule is O=C1CC2(C(=O)N(Cc3cccc(C(F)(F)F)c3)c3ccccc32)C2CNNC2N1. The van der Waals surface area contributed by atoms with Gasteiger partial charge in [-0.2, -0.15) is 13.2 Å². The third-order valence-corrected chi connectivity index (χ3v) is 6.27. The summed E-state index contributed by atoms with van der Waals surface area (Å²) in [4.78, 5) is 27.8. The number of benzene rings is 2. The second kappa shape index (κ2) is 6.55. The summed E-state index contributed by atoms with van der Waals surface area (Å²) in [6.07, 6.45) is -4.84. The molecule has 30 heavy (non-hydrogen) atoms. The first-order valence-electron chi connectivity index (χ1n) is 9.66. The number of fused-ring (bicyclic) bond motifs is 4. The Hall–Kier alpha value is -2.91. The smallest absolute Gasteiger partial charge is 0.339 e. The molecule has 2 fully saturated rings. The van der Waals surface area contributed by atoms with Crippen molar-refractivity contribution in [2.24, 2.45) is 5.92 Å². The zero-order valence-electron chi connectivity index (χ0n) is 15.8. The standard InChI is InChI=1S/C21H19F3N4O2/c22-21(23,24)13-5-3-4-12(8-13)11-28-16-7-2-1-6-14(16)20(19(28)30)9-17(29)26-18-15(20)10-25-27-18/h1-8,15,18,25,27H,9-11H2,(H,26,29). The van der Waals surface area contributed by atoms with Crippen LogP contribution in [0, 0.1) is 5.92 Å². The highest BCUT2D eigenvalue weighted by Crippen LogP contribution is 2.51. The lowest BCUT2D eigenvalue weighted by molar-refractivity contribution is -0.137. The molecule has 3 heterocycles. The molecule has 3 unspecified atom stereocenters. The van der Waals surface area contributed by atoms with E-state index in [1.807, 2.05) is 12.1 Å². The average Bonchev–Trinajstić information content (AvgIpc) is 3.26. The fraction of sp³-hybridized carbons (Fsp3) is 0.333. The molecule has 2 aromatic rings. The van der Waals surface area contributed by atoms with Gasteiger partial charge in [-0.25, -0.2) is 5.43 Å². The zero-order chi connectivity index (χ0) is 21.1. The van der Waals surface area contributed by atoms with Gasteiger partial charge in [0, 0.05) is 24.6 Å². The van der Waals surface area contributed by atoms with Gasteiger partial charge in [-0.15, -0.1) is 0 Å². The Morgan fingerprint density at radius 1 is 1.10 bits per heavy atom. The van der Waals surface area contributed by atoms with Crippen LogP contribution >= 0.6 is 0 Å². The number of carbonyl (C=O) groups excluding carboxylic acids is 2. The predicted molar refractivity (Wildman–Crippen MR) is 102 cm³/mol. The van der Waals surface area contributed by atoms with E-state index in [1.165, 1.54) is 11.0 Å². The zero-order valence-corrected chi connectivity index (χ0v) is 15.8. The lowest BCUT2D eigenvalue weighted by Gasteiger charge is -2.40. The van der Waals surface area contributed by atoms with Gasteiger partial charge in [0.2, 0.25) is 11.8 Å². The number of amides is 2. The Morgan fingerprint density at radius 2 is 1.90 bits per heavy atom. The number of nitrogens with one attached hydrogen (secondary N) is 3. The van der Waals surface area contributed by atoms with Crippen molar-refractivity contribution in [1.82, 2.24) is 16.2 Å². The minimum absolute atomic E-state index is 0.00137. The van der Waals surface area contributed by atoms with E-state index in [4.69, 9.17) is 0 Å². The number of nitrogens with zero attached hydrogens (tertiary/aromatic N) is 1. The van der Waals surface area contributed by atoms with Gasteiger partial charge in [0.15, 0.2) is 0 Å². The van der Waals surface area contributed by atoms with Crippen LogP contribution in [-0.2, 0) is 27.7 Å². The molecular weight excluding hydrogens is 397 g/mol. The number of rotatable bonds is 2. The highest BCUT2D eigenvalue weighted by Gasteiger charge is 2.61. The number of alkyl halides is 3. The van der Waals surface area contributed by atoms with Crippen molar-refractivity contribution >= 4 is 17.5 Å². The summed E-state index contributed by atoms with van der Waals surface area (Å²) >= 11 is 0. The first kappa shape index (κ1) is 19.1. The molecule has 156 valence electrons. The van der Waals surface area contributed by atoms with E-state index in [1.54, 1.807) is 18.2 Å². The van der Waals surface area contributed by atoms with Gasteiger partial charge >= 0.3 is 6.18 Å². The van der Waals surface area contributed by atoms with Gasteiger partial charge in [-0.1, -0.05) is 30.3 Å². The Bertz CT molecular complexity index is 1040. The van der Waals surface area contributed by atoms with Crippen LogP contribution in [0.25, 0.3) is 0 Å². The topological polar surface area (TPSA) is 73.5 Å². The Morgan fingerprint density at radius 3 is 2.70 bits per heavy atom.